The maximum absolute atomic E-state index is 12.5. The molecule has 1 amide bonds. The van der Waals surface area contributed by atoms with E-state index in [1.54, 1.807) is 38.1 Å². The van der Waals surface area contributed by atoms with Crippen LogP contribution in [0.25, 0.3) is 0 Å². The van der Waals surface area contributed by atoms with Crippen LogP contribution in [0.2, 0.25) is 0 Å². The van der Waals surface area contributed by atoms with Crippen molar-refractivity contribution in [1.29, 1.82) is 0 Å². The van der Waals surface area contributed by atoms with Crippen molar-refractivity contribution in [1.82, 2.24) is 10.6 Å². The van der Waals surface area contributed by atoms with E-state index in [1.807, 2.05) is 12.1 Å². The Morgan fingerprint density at radius 2 is 1.59 bits per heavy atom. The van der Waals surface area contributed by atoms with E-state index in [0.29, 0.717) is 11.6 Å². The molecule has 7 heteroatoms. The van der Waals surface area contributed by atoms with Crippen LogP contribution < -0.4 is 16.4 Å². The molecule has 0 bridgehead atoms. The molecule has 0 heterocycles. The highest BCUT2D eigenvalue weighted by atomic mass is 35.5. The van der Waals surface area contributed by atoms with Gasteiger partial charge < -0.3 is 21.1 Å². The maximum Gasteiger partial charge on any atom is 0.330 e. The third-order valence-corrected chi connectivity index (χ3v) is 5.08. The number of carbonyl (C=O) groups excluding carboxylic acids is 2. The van der Waals surface area contributed by atoms with Crippen LogP contribution in [0.4, 0.5) is 0 Å². The normalized spacial score (nSPS) is 13.8. The Hall–Kier alpha value is -2.85. The first-order chi connectivity index (χ1) is 14.8. The molecule has 3 rings (SSSR count). The van der Waals surface area contributed by atoms with Crippen LogP contribution in [0.5, 0.6) is 0 Å². The van der Waals surface area contributed by atoms with Gasteiger partial charge in [-0.3, -0.25) is 4.79 Å². The quantitative estimate of drug-likeness (QED) is 0.441. The van der Waals surface area contributed by atoms with Gasteiger partial charge >= 0.3 is 5.97 Å². The second-order valence-corrected chi connectivity index (χ2v) is 8.43. The fourth-order valence-electron chi connectivity index (χ4n) is 2.99. The lowest BCUT2D eigenvalue weighted by Gasteiger charge is -2.28. The molecule has 170 valence electrons. The number of rotatable bonds is 7. The van der Waals surface area contributed by atoms with Crippen LogP contribution in [0.15, 0.2) is 48.5 Å². The first kappa shape index (κ1) is 25.4. The fourth-order valence-corrected chi connectivity index (χ4v) is 2.99. The summed E-state index contributed by atoms with van der Waals surface area (Å²) in [4.78, 5) is 24.5. The van der Waals surface area contributed by atoms with Gasteiger partial charge in [-0.2, -0.15) is 0 Å². The van der Waals surface area contributed by atoms with Gasteiger partial charge in [-0.15, -0.1) is 12.4 Å². The van der Waals surface area contributed by atoms with Crippen LogP contribution in [0.3, 0.4) is 0 Å². The molecule has 1 atom stereocenters. The number of esters is 1. The number of hydrogen-bond donors (Lipinski definition) is 3. The lowest BCUT2D eigenvalue weighted by atomic mass is 9.95. The smallest absolute Gasteiger partial charge is 0.330 e. The third-order valence-electron chi connectivity index (χ3n) is 5.08. The number of amides is 1. The second-order valence-electron chi connectivity index (χ2n) is 8.43. The van der Waals surface area contributed by atoms with Crippen LogP contribution >= 0.6 is 12.4 Å². The minimum atomic E-state index is -0.961. The van der Waals surface area contributed by atoms with Gasteiger partial charge in [0.15, 0.2) is 0 Å². The molecule has 1 saturated carbocycles. The van der Waals surface area contributed by atoms with E-state index in [-0.39, 0.29) is 12.4 Å². The molecule has 32 heavy (non-hydrogen) atoms. The second kappa shape index (κ2) is 11.1. The van der Waals surface area contributed by atoms with Gasteiger partial charge in [0.25, 0.3) is 5.91 Å². The molecule has 2 aromatic rings. The molecule has 1 aliphatic rings. The lowest BCUT2D eigenvalue weighted by Crippen LogP contribution is -2.59. The molecule has 1 fully saturated rings. The van der Waals surface area contributed by atoms with E-state index < -0.39 is 23.5 Å². The van der Waals surface area contributed by atoms with Crippen LogP contribution in [0.1, 0.15) is 53.7 Å². The Bertz CT molecular complexity index is 982. The van der Waals surface area contributed by atoms with Crippen molar-refractivity contribution in [3.05, 3.63) is 70.8 Å². The van der Waals surface area contributed by atoms with Gasteiger partial charge in [0.05, 0.1) is 7.11 Å². The molecule has 0 unspecified atom stereocenters. The molecular formula is C25H30ClN3O3. The summed E-state index contributed by atoms with van der Waals surface area (Å²) in [6.07, 6.45) is 2.56. The van der Waals surface area contributed by atoms with E-state index in [0.717, 1.165) is 17.7 Å². The van der Waals surface area contributed by atoms with Gasteiger partial charge in [-0.25, -0.2) is 4.79 Å². The zero-order valence-electron chi connectivity index (χ0n) is 18.6. The number of halogens is 1. The van der Waals surface area contributed by atoms with E-state index in [2.05, 4.69) is 34.6 Å². The summed E-state index contributed by atoms with van der Waals surface area (Å²) in [7, 11) is 1.26. The van der Waals surface area contributed by atoms with E-state index in [1.165, 1.54) is 25.5 Å². The van der Waals surface area contributed by atoms with Crippen molar-refractivity contribution in [2.45, 2.75) is 50.9 Å². The minimum Gasteiger partial charge on any atom is -0.467 e. The Morgan fingerprint density at radius 3 is 2.06 bits per heavy atom. The van der Waals surface area contributed by atoms with Gasteiger partial charge in [0, 0.05) is 34.8 Å². The summed E-state index contributed by atoms with van der Waals surface area (Å²) in [5.41, 5.74) is 8.43. The number of methoxy groups -OCH3 is 1. The minimum absolute atomic E-state index is 0. The number of benzene rings is 2. The van der Waals surface area contributed by atoms with Crippen molar-refractivity contribution >= 4 is 24.3 Å². The fraction of sp³-hybridized carbons (Fsp3) is 0.360. The van der Waals surface area contributed by atoms with Crippen LogP contribution in [-0.4, -0.2) is 36.6 Å². The van der Waals surface area contributed by atoms with E-state index >= 15 is 0 Å². The number of ether oxygens (including phenoxy) is 1. The van der Waals surface area contributed by atoms with Crippen molar-refractivity contribution in [2.75, 3.05) is 7.11 Å². The highest BCUT2D eigenvalue weighted by Crippen LogP contribution is 2.19. The summed E-state index contributed by atoms with van der Waals surface area (Å²) in [5, 5.41) is 6.14. The molecule has 4 N–H and O–H groups in total. The molecule has 0 aromatic heterocycles. The van der Waals surface area contributed by atoms with Gasteiger partial charge in [-0.05, 0) is 68.7 Å². The molecule has 6 nitrogen and oxygen atoms in total. The Kier molecular flexibility index (Phi) is 8.85. The van der Waals surface area contributed by atoms with E-state index in [4.69, 9.17) is 10.5 Å². The summed E-state index contributed by atoms with van der Waals surface area (Å²) in [6, 6.07) is 14.8. The Labute approximate surface area is 195 Å². The molecule has 1 aliphatic carbocycles. The van der Waals surface area contributed by atoms with Gasteiger partial charge in [-0.1, -0.05) is 24.0 Å². The Morgan fingerprint density at radius 1 is 1.06 bits per heavy atom. The van der Waals surface area contributed by atoms with Crippen molar-refractivity contribution in [3.8, 4) is 11.8 Å². The summed E-state index contributed by atoms with van der Waals surface area (Å²) in [5.74, 6) is 5.26. The topological polar surface area (TPSA) is 93.4 Å². The van der Waals surface area contributed by atoms with Crippen molar-refractivity contribution in [3.63, 3.8) is 0 Å². The maximum atomic E-state index is 12.5. The highest BCUT2D eigenvalue weighted by Gasteiger charge is 2.34. The number of carbonyl (C=O) groups is 2. The SMILES string of the molecule is COC(=O)[C@@H](NC(=O)c1ccc(C#Cc2ccc(CNC3CC3)cc2)cc1)C(C)(C)N.Cl. The molecule has 0 spiro atoms. The average Bonchev–Trinajstić information content (AvgIpc) is 3.59. The molecule has 0 saturated heterocycles. The average molecular weight is 456 g/mol. The third kappa shape index (κ3) is 7.38. The predicted octanol–water partition coefficient (Wildman–Crippen LogP) is 2.77. The zero-order valence-corrected chi connectivity index (χ0v) is 19.4. The van der Waals surface area contributed by atoms with Crippen molar-refractivity contribution in [2.24, 2.45) is 5.73 Å². The van der Waals surface area contributed by atoms with E-state index in [9.17, 15) is 9.59 Å². The van der Waals surface area contributed by atoms with Crippen LogP contribution in [-0.2, 0) is 16.1 Å². The standard InChI is InChI=1S/C25H29N3O3.ClH/c1-25(2,26)22(24(30)31-3)28-23(29)20-12-10-18(11-13-20)5-4-17-6-8-19(9-7-17)16-27-21-14-15-21;/h6-13,21-22,27H,14-16,26H2,1-3H3,(H,28,29);1H/t22-;/m1./s1. The number of nitrogens with two attached hydrogens (primary N) is 1. The molecular weight excluding hydrogens is 426 g/mol. The number of nitrogens with one attached hydrogen (secondary N) is 2. The highest BCUT2D eigenvalue weighted by molar-refractivity contribution is 5.97. The first-order valence-electron chi connectivity index (χ1n) is 10.4. The lowest BCUT2D eigenvalue weighted by molar-refractivity contribution is -0.144. The Balaban J connectivity index is 0.00000363. The molecule has 0 aliphatic heterocycles. The first-order valence-corrected chi connectivity index (χ1v) is 10.4. The van der Waals surface area contributed by atoms with Gasteiger partial charge in [0.2, 0.25) is 0 Å². The number of hydrogen-bond acceptors (Lipinski definition) is 5. The van der Waals surface area contributed by atoms with Crippen LogP contribution in [0, 0.1) is 11.8 Å². The molecule has 2 aromatic carbocycles. The van der Waals surface area contributed by atoms with Gasteiger partial charge in [0.1, 0.15) is 6.04 Å². The summed E-state index contributed by atoms with van der Waals surface area (Å²) >= 11 is 0. The summed E-state index contributed by atoms with van der Waals surface area (Å²) < 4.78 is 4.75. The zero-order chi connectivity index (χ0) is 22.4. The largest absolute Gasteiger partial charge is 0.467 e. The predicted molar refractivity (Wildman–Crippen MR) is 128 cm³/mol. The van der Waals surface area contributed by atoms with Crippen molar-refractivity contribution < 1.29 is 14.3 Å². The monoisotopic (exact) mass is 455 g/mol. The summed E-state index contributed by atoms with van der Waals surface area (Å²) in [6.45, 7) is 4.20. The molecule has 0 radical (unpaired) electrons.